The Bertz CT molecular complexity index is 245. The van der Waals surface area contributed by atoms with E-state index in [1.165, 1.54) is 0 Å². The van der Waals surface area contributed by atoms with Crippen LogP contribution in [0.25, 0.3) is 0 Å². The maximum absolute atomic E-state index is 11.2. The molecule has 0 unspecified atom stereocenters. The van der Waals surface area contributed by atoms with Gasteiger partial charge in [-0.3, -0.25) is 0 Å². The first kappa shape index (κ1) is 12.7. The van der Waals surface area contributed by atoms with Gasteiger partial charge in [0, 0.05) is 0 Å². The molecule has 14 heavy (non-hydrogen) atoms. The number of carbonyl (C=O) groups excluding carboxylic acids is 1. The molecule has 0 aromatic heterocycles. The van der Waals surface area contributed by atoms with Gasteiger partial charge < -0.3 is 4.74 Å². The number of hydrogen-bond donors (Lipinski definition) is 0. The van der Waals surface area contributed by atoms with Gasteiger partial charge in [-0.2, -0.15) is 0 Å². The van der Waals surface area contributed by atoms with Crippen LogP contribution in [0.15, 0.2) is 30.0 Å². The van der Waals surface area contributed by atoms with Crippen LogP contribution in [0.3, 0.4) is 0 Å². The van der Waals surface area contributed by atoms with Crippen molar-refractivity contribution in [3.8, 4) is 0 Å². The Labute approximate surface area is 86.0 Å². The molecule has 2 nitrogen and oxygen atoms in total. The molecule has 0 heterocycles. The number of hydrogen-bond acceptors (Lipinski definition) is 2. The van der Waals surface area contributed by atoms with Crippen LogP contribution in [-0.4, -0.2) is 12.6 Å². The minimum Gasteiger partial charge on any atom is -0.458 e. The highest BCUT2D eigenvalue weighted by molar-refractivity contribution is 5.87. The van der Waals surface area contributed by atoms with E-state index >= 15 is 0 Å². The molecule has 0 atom stereocenters. The van der Waals surface area contributed by atoms with Gasteiger partial charge in [0.15, 0.2) is 0 Å². The van der Waals surface area contributed by atoms with Gasteiger partial charge in [0.2, 0.25) is 0 Å². The summed E-state index contributed by atoms with van der Waals surface area (Å²) in [6.45, 7) is 7.55. The third kappa shape index (κ3) is 6.27. The highest BCUT2D eigenvalue weighted by atomic mass is 16.5. The Hall–Kier alpha value is -1.27. The lowest BCUT2D eigenvalue weighted by Gasteiger charge is -1.98. The maximum atomic E-state index is 11.2. The Morgan fingerprint density at radius 1 is 1.57 bits per heavy atom. The van der Waals surface area contributed by atoms with Crippen LogP contribution >= 0.6 is 0 Å². The fourth-order valence-corrected chi connectivity index (χ4v) is 0.833. The molecule has 0 amide bonds. The molecule has 2 heteroatoms. The van der Waals surface area contributed by atoms with E-state index < -0.39 is 0 Å². The van der Waals surface area contributed by atoms with Crippen LogP contribution in [0, 0.1) is 0 Å². The lowest BCUT2D eigenvalue weighted by Crippen LogP contribution is -2.04. The van der Waals surface area contributed by atoms with Gasteiger partial charge in [-0.25, -0.2) is 4.79 Å². The van der Waals surface area contributed by atoms with Crippen LogP contribution in [0.4, 0.5) is 0 Å². The topological polar surface area (TPSA) is 26.3 Å². The quantitative estimate of drug-likeness (QED) is 0.213. The minimum absolute atomic E-state index is 0.257. The molecule has 0 saturated heterocycles. The van der Waals surface area contributed by atoms with Crippen molar-refractivity contribution in [2.24, 2.45) is 0 Å². The second-order valence-electron chi connectivity index (χ2n) is 3.00. The van der Waals surface area contributed by atoms with E-state index in [1.54, 1.807) is 13.0 Å². The second kappa shape index (κ2) is 8.33. The molecule has 0 aliphatic heterocycles. The molecule has 78 valence electrons. The average molecular weight is 194 g/mol. The monoisotopic (exact) mass is 194 g/mol. The number of ether oxygens (including phenoxy) is 1. The summed E-state index contributed by atoms with van der Waals surface area (Å²) < 4.78 is 4.83. The summed E-state index contributed by atoms with van der Waals surface area (Å²) in [5, 5.41) is 0. The summed E-state index contributed by atoms with van der Waals surface area (Å²) in [5.74, 6) is -0.322. The van der Waals surface area contributed by atoms with Crippen molar-refractivity contribution >= 4 is 5.97 Å². The molecule has 0 aliphatic rings. The van der Waals surface area contributed by atoms with Gasteiger partial charge >= 0.3 is 5.97 Å². The lowest BCUT2D eigenvalue weighted by molar-refractivity contribution is -0.137. The Kier molecular flexibility index (Phi) is 7.58. The highest BCUT2D eigenvalue weighted by Gasteiger charge is 2.01. The fraction of sp³-hybridized carbons (Fsp3) is 0.500. The van der Waals surface area contributed by atoms with Crippen molar-refractivity contribution in [3.63, 3.8) is 0 Å². The smallest absolute Gasteiger partial charge is 0.341 e. The van der Waals surface area contributed by atoms with Gasteiger partial charge in [-0.1, -0.05) is 26.0 Å². The first-order chi connectivity index (χ1) is 6.72. The van der Waals surface area contributed by atoms with Gasteiger partial charge in [-0.15, -0.1) is 5.73 Å². The first-order valence-electron chi connectivity index (χ1n) is 4.92. The average Bonchev–Trinajstić information content (AvgIpc) is 2.20. The molecule has 0 N–H and O–H groups in total. The molecule has 0 spiro atoms. The zero-order valence-electron chi connectivity index (χ0n) is 9.01. The number of rotatable bonds is 6. The zero-order valence-corrected chi connectivity index (χ0v) is 9.01. The van der Waals surface area contributed by atoms with Crippen LogP contribution in [0.2, 0.25) is 0 Å². The van der Waals surface area contributed by atoms with Crippen LogP contribution in [0.1, 0.15) is 33.1 Å². The van der Waals surface area contributed by atoms with Crippen LogP contribution < -0.4 is 0 Å². The van der Waals surface area contributed by atoms with Crippen LogP contribution in [0.5, 0.6) is 0 Å². The highest BCUT2D eigenvalue weighted by Crippen LogP contribution is 1.97. The predicted octanol–water partition coefficient (Wildman–Crippen LogP) is 3.01. The molecule has 0 saturated carbocycles. The summed E-state index contributed by atoms with van der Waals surface area (Å²) >= 11 is 0. The second-order valence-corrected chi connectivity index (χ2v) is 3.00. The molecular formula is C12H18O2. The van der Waals surface area contributed by atoms with E-state index in [0.717, 1.165) is 19.3 Å². The fourth-order valence-electron chi connectivity index (χ4n) is 0.833. The number of unbranched alkanes of at least 4 members (excludes halogenated alkanes) is 2. The largest absolute Gasteiger partial charge is 0.458 e. The normalized spacial score (nSPS) is 8.71. The first-order valence-corrected chi connectivity index (χ1v) is 4.92. The van der Waals surface area contributed by atoms with E-state index in [9.17, 15) is 4.79 Å². The van der Waals surface area contributed by atoms with Crippen molar-refractivity contribution < 1.29 is 9.53 Å². The molecule has 0 aromatic carbocycles. The van der Waals surface area contributed by atoms with Gasteiger partial charge in [0.05, 0.1) is 5.57 Å². The third-order valence-electron chi connectivity index (χ3n) is 1.66. The summed E-state index contributed by atoms with van der Waals surface area (Å²) in [6, 6.07) is 0. The van der Waals surface area contributed by atoms with E-state index in [0.29, 0.717) is 5.57 Å². The lowest BCUT2D eigenvalue weighted by atomic mass is 10.2. The third-order valence-corrected chi connectivity index (χ3v) is 1.66. The van der Waals surface area contributed by atoms with Crippen molar-refractivity contribution in [1.82, 2.24) is 0 Å². The van der Waals surface area contributed by atoms with E-state index in [4.69, 9.17) is 4.74 Å². The van der Waals surface area contributed by atoms with Gasteiger partial charge in [0.25, 0.3) is 0 Å². The van der Waals surface area contributed by atoms with E-state index in [1.807, 2.05) is 6.08 Å². The van der Waals surface area contributed by atoms with Crippen molar-refractivity contribution in [2.45, 2.75) is 33.1 Å². The molecule has 0 bridgehead atoms. The van der Waals surface area contributed by atoms with Gasteiger partial charge in [0.1, 0.15) is 6.61 Å². The standard InChI is InChI=1S/C12H18O2/c1-4-6-7-8-9-11(3)12(13)14-10-5-2/h5,8H,2,4,6-7,10H2,1,3H3. The molecule has 0 radical (unpaired) electrons. The summed E-state index contributed by atoms with van der Waals surface area (Å²) in [7, 11) is 0. The SMILES string of the molecule is C=CCOC(=O)C(C)=C=CCCCC. The molecule has 0 rings (SSSR count). The Morgan fingerprint density at radius 3 is 2.86 bits per heavy atom. The summed E-state index contributed by atoms with van der Waals surface area (Å²) in [6.07, 6.45) is 6.67. The predicted molar refractivity (Wildman–Crippen MR) is 58.0 cm³/mol. The summed E-state index contributed by atoms with van der Waals surface area (Å²) in [5.41, 5.74) is 3.43. The van der Waals surface area contributed by atoms with E-state index in [-0.39, 0.29) is 12.6 Å². The molecule has 0 fully saturated rings. The number of esters is 1. The Morgan fingerprint density at radius 2 is 2.29 bits per heavy atom. The molecular weight excluding hydrogens is 176 g/mol. The summed E-state index contributed by atoms with van der Waals surface area (Å²) in [4.78, 5) is 11.2. The Balaban J connectivity index is 4.01. The van der Waals surface area contributed by atoms with Gasteiger partial charge in [-0.05, 0) is 25.8 Å². The van der Waals surface area contributed by atoms with Crippen LogP contribution in [-0.2, 0) is 9.53 Å². The van der Waals surface area contributed by atoms with Crippen molar-refractivity contribution in [2.75, 3.05) is 6.61 Å². The van der Waals surface area contributed by atoms with E-state index in [2.05, 4.69) is 19.2 Å². The maximum Gasteiger partial charge on any atom is 0.341 e. The molecule has 0 aliphatic carbocycles. The van der Waals surface area contributed by atoms with Crippen molar-refractivity contribution in [3.05, 3.63) is 30.0 Å². The number of carbonyl (C=O) groups is 1. The molecule has 0 aromatic rings. The van der Waals surface area contributed by atoms with Crippen molar-refractivity contribution in [1.29, 1.82) is 0 Å². The minimum atomic E-state index is -0.322. The zero-order chi connectivity index (χ0) is 10.8.